The van der Waals surface area contributed by atoms with Crippen molar-refractivity contribution in [2.45, 2.75) is 26.4 Å². The molecule has 0 fully saturated rings. The maximum atomic E-state index is 5.16. The molecule has 0 atom stereocenters. The van der Waals surface area contributed by atoms with Gasteiger partial charge in [0.15, 0.2) is 0 Å². The average Bonchev–Trinajstić information content (AvgIpc) is 2.37. The molecule has 0 heterocycles. The molecule has 0 bridgehead atoms. The Morgan fingerprint density at radius 2 is 1.95 bits per heavy atom. The van der Waals surface area contributed by atoms with E-state index in [0.29, 0.717) is 6.04 Å². The van der Waals surface area contributed by atoms with Crippen LogP contribution >= 0.6 is 0 Å². The monoisotopic (exact) mass is 262 g/mol. The predicted octanol–water partition coefficient (Wildman–Crippen LogP) is 2.68. The van der Waals surface area contributed by atoms with E-state index in [2.05, 4.69) is 49.8 Å². The fourth-order valence-electron chi connectivity index (χ4n) is 1.88. The molecule has 19 heavy (non-hydrogen) atoms. The Kier molecular flexibility index (Phi) is 6.60. The normalized spacial score (nSPS) is 11.1. The molecular formula is C16H26N2O. The minimum atomic E-state index is 0.503. The third-order valence-electron chi connectivity index (χ3n) is 2.87. The van der Waals surface area contributed by atoms with Crippen LogP contribution in [-0.4, -0.2) is 38.2 Å². The molecule has 0 aliphatic carbocycles. The molecule has 0 unspecified atom stereocenters. The quantitative estimate of drug-likeness (QED) is 0.729. The SMILES string of the molecule is C=C(CNC(C)C)CN(C)Cc1ccc(OC)cc1. The maximum absolute atomic E-state index is 5.16. The van der Waals surface area contributed by atoms with Gasteiger partial charge in [0.05, 0.1) is 7.11 Å². The van der Waals surface area contributed by atoms with Gasteiger partial charge in [-0.3, -0.25) is 4.90 Å². The zero-order valence-electron chi connectivity index (χ0n) is 12.6. The van der Waals surface area contributed by atoms with E-state index in [1.165, 1.54) is 11.1 Å². The van der Waals surface area contributed by atoms with Crippen LogP contribution in [0.1, 0.15) is 19.4 Å². The van der Waals surface area contributed by atoms with E-state index >= 15 is 0 Å². The van der Waals surface area contributed by atoms with Crippen LogP contribution in [0, 0.1) is 0 Å². The highest BCUT2D eigenvalue weighted by Crippen LogP contribution is 2.12. The van der Waals surface area contributed by atoms with Gasteiger partial charge in [-0.1, -0.05) is 32.6 Å². The third kappa shape index (κ3) is 6.41. The first-order valence-corrected chi connectivity index (χ1v) is 6.72. The molecule has 0 saturated heterocycles. The molecular weight excluding hydrogens is 236 g/mol. The Bertz CT molecular complexity index is 384. The standard InChI is InChI=1S/C16H26N2O/c1-13(2)17-10-14(3)11-18(4)12-15-6-8-16(19-5)9-7-15/h6-9,13,17H,3,10-12H2,1-2,4-5H3. The van der Waals surface area contributed by atoms with Gasteiger partial charge in [0, 0.05) is 25.7 Å². The van der Waals surface area contributed by atoms with Gasteiger partial charge in [-0.05, 0) is 30.3 Å². The lowest BCUT2D eigenvalue weighted by Crippen LogP contribution is -2.29. The van der Waals surface area contributed by atoms with Crippen molar-refractivity contribution in [3.8, 4) is 5.75 Å². The van der Waals surface area contributed by atoms with Gasteiger partial charge in [-0.25, -0.2) is 0 Å². The molecule has 0 amide bonds. The highest BCUT2D eigenvalue weighted by Gasteiger charge is 2.03. The summed E-state index contributed by atoms with van der Waals surface area (Å²) in [6.45, 7) is 11.1. The molecule has 3 nitrogen and oxygen atoms in total. The first kappa shape index (κ1) is 15.7. The number of hydrogen-bond donors (Lipinski definition) is 1. The second-order valence-corrected chi connectivity index (χ2v) is 5.31. The van der Waals surface area contributed by atoms with E-state index in [0.717, 1.165) is 25.4 Å². The third-order valence-corrected chi connectivity index (χ3v) is 2.87. The number of nitrogens with zero attached hydrogens (tertiary/aromatic N) is 1. The minimum Gasteiger partial charge on any atom is -0.497 e. The van der Waals surface area contributed by atoms with Gasteiger partial charge in [0.2, 0.25) is 0 Å². The Morgan fingerprint density at radius 1 is 1.32 bits per heavy atom. The zero-order chi connectivity index (χ0) is 14.3. The molecule has 0 spiro atoms. The summed E-state index contributed by atoms with van der Waals surface area (Å²) in [5.41, 5.74) is 2.50. The molecule has 0 saturated carbocycles. The van der Waals surface area contributed by atoms with Crippen LogP contribution in [0.15, 0.2) is 36.4 Å². The maximum Gasteiger partial charge on any atom is 0.118 e. The number of rotatable bonds is 8. The Balaban J connectivity index is 2.37. The van der Waals surface area contributed by atoms with Gasteiger partial charge < -0.3 is 10.1 Å². The van der Waals surface area contributed by atoms with Gasteiger partial charge in [-0.2, -0.15) is 0 Å². The van der Waals surface area contributed by atoms with Crippen LogP contribution in [0.3, 0.4) is 0 Å². The van der Waals surface area contributed by atoms with Crippen LogP contribution in [0.25, 0.3) is 0 Å². The highest BCUT2D eigenvalue weighted by atomic mass is 16.5. The second-order valence-electron chi connectivity index (χ2n) is 5.31. The van der Waals surface area contributed by atoms with Crippen LogP contribution in [0.2, 0.25) is 0 Å². The molecule has 0 aromatic heterocycles. The largest absolute Gasteiger partial charge is 0.497 e. The zero-order valence-corrected chi connectivity index (χ0v) is 12.6. The van der Waals surface area contributed by atoms with E-state index in [1.54, 1.807) is 7.11 Å². The van der Waals surface area contributed by atoms with E-state index in [4.69, 9.17) is 4.74 Å². The van der Waals surface area contributed by atoms with Gasteiger partial charge in [0.1, 0.15) is 5.75 Å². The molecule has 0 aliphatic rings. The van der Waals surface area contributed by atoms with Crippen molar-refractivity contribution in [3.05, 3.63) is 42.0 Å². The fourth-order valence-corrected chi connectivity index (χ4v) is 1.88. The Labute approximate surface area is 117 Å². The van der Waals surface area contributed by atoms with E-state index < -0.39 is 0 Å². The van der Waals surface area contributed by atoms with Crippen molar-refractivity contribution in [1.29, 1.82) is 0 Å². The van der Waals surface area contributed by atoms with Crippen LogP contribution in [0.5, 0.6) is 5.75 Å². The predicted molar refractivity (Wildman–Crippen MR) is 81.6 cm³/mol. The highest BCUT2D eigenvalue weighted by molar-refractivity contribution is 5.27. The number of hydrogen-bond acceptors (Lipinski definition) is 3. The van der Waals surface area contributed by atoms with Crippen LogP contribution in [0.4, 0.5) is 0 Å². The molecule has 3 heteroatoms. The summed E-state index contributed by atoms with van der Waals surface area (Å²) in [5, 5.41) is 3.39. The summed E-state index contributed by atoms with van der Waals surface area (Å²) in [7, 11) is 3.80. The number of nitrogens with one attached hydrogen (secondary N) is 1. The topological polar surface area (TPSA) is 24.5 Å². The van der Waals surface area contributed by atoms with E-state index in [-0.39, 0.29) is 0 Å². The molecule has 1 N–H and O–H groups in total. The summed E-state index contributed by atoms with van der Waals surface area (Å²) in [4.78, 5) is 2.27. The average molecular weight is 262 g/mol. The van der Waals surface area contributed by atoms with Crippen molar-refractivity contribution >= 4 is 0 Å². The summed E-state index contributed by atoms with van der Waals surface area (Å²) in [6, 6.07) is 8.70. The van der Waals surface area contributed by atoms with Crippen molar-refractivity contribution in [1.82, 2.24) is 10.2 Å². The second kappa shape index (κ2) is 7.97. The molecule has 0 radical (unpaired) electrons. The molecule has 106 valence electrons. The summed E-state index contributed by atoms with van der Waals surface area (Å²) in [5.74, 6) is 0.900. The Morgan fingerprint density at radius 3 is 2.47 bits per heavy atom. The van der Waals surface area contributed by atoms with E-state index in [1.807, 2.05) is 12.1 Å². The van der Waals surface area contributed by atoms with Crippen molar-refractivity contribution in [2.24, 2.45) is 0 Å². The fraction of sp³-hybridized carbons (Fsp3) is 0.500. The first-order chi connectivity index (χ1) is 9.01. The summed E-state index contributed by atoms with van der Waals surface area (Å²) >= 11 is 0. The van der Waals surface area contributed by atoms with Crippen molar-refractivity contribution < 1.29 is 4.74 Å². The molecule has 1 aromatic carbocycles. The van der Waals surface area contributed by atoms with Gasteiger partial charge in [-0.15, -0.1) is 0 Å². The van der Waals surface area contributed by atoms with Gasteiger partial charge in [0.25, 0.3) is 0 Å². The first-order valence-electron chi connectivity index (χ1n) is 6.72. The van der Waals surface area contributed by atoms with Crippen LogP contribution < -0.4 is 10.1 Å². The van der Waals surface area contributed by atoms with Gasteiger partial charge >= 0.3 is 0 Å². The molecule has 0 aliphatic heterocycles. The number of methoxy groups -OCH3 is 1. The smallest absolute Gasteiger partial charge is 0.118 e. The molecule has 1 rings (SSSR count). The Hall–Kier alpha value is -1.32. The van der Waals surface area contributed by atoms with Crippen molar-refractivity contribution in [3.63, 3.8) is 0 Å². The lowest BCUT2D eigenvalue weighted by atomic mass is 10.2. The summed E-state index contributed by atoms with van der Waals surface area (Å²) in [6.07, 6.45) is 0. The molecule has 1 aromatic rings. The van der Waals surface area contributed by atoms with Crippen LogP contribution in [-0.2, 0) is 6.54 Å². The van der Waals surface area contributed by atoms with Crippen molar-refractivity contribution in [2.75, 3.05) is 27.2 Å². The number of ether oxygens (including phenoxy) is 1. The summed E-state index contributed by atoms with van der Waals surface area (Å²) < 4.78 is 5.16. The lowest BCUT2D eigenvalue weighted by molar-refractivity contribution is 0.350. The number of likely N-dealkylation sites (N-methyl/N-ethyl adjacent to an activating group) is 1. The van der Waals surface area contributed by atoms with E-state index in [9.17, 15) is 0 Å². The lowest BCUT2D eigenvalue weighted by Gasteiger charge is -2.19. The minimum absolute atomic E-state index is 0.503. The number of benzene rings is 1.